The molecule has 1 aromatic carbocycles. The Kier molecular flexibility index (Phi) is 3.10. The van der Waals surface area contributed by atoms with Gasteiger partial charge in [0, 0.05) is 35.0 Å². The van der Waals surface area contributed by atoms with E-state index in [2.05, 4.69) is 36.1 Å². The van der Waals surface area contributed by atoms with Crippen molar-refractivity contribution in [3.63, 3.8) is 0 Å². The lowest BCUT2D eigenvalue weighted by molar-refractivity contribution is 0.485. The van der Waals surface area contributed by atoms with Crippen LogP contribution in [-0.4, -0.2) is 17.6 Å². The number of benzene rings is 1. The van der Waals surface area contributed by atoms with Crippen molar-refractivity contribution in [3.05, 3.63) is 35.5 Å². The Hall–Kier alpha value is -1.22. The maximum absolute atomic E-state index is 4.89. The van der Waals surface area contributed by atoms with Crippen molar-refractivity contribution in [3.8, 4) is 0 Å². The van der Waals surface area contributed by atoms with Gasteiger partial charge in [0.2, 0.25) is 0 Å². The minimum Gasteiger partial charge on any atom is -0.368 e. The molecule has 0 amide bonds. The zero-order valence-corrected chi connectivity index (χ0v) is 12.7. The number of anilines is 1. The Morgan fingerprint density at radius 3 is 3.00 bits per heavy atom. The molecule has 0 saturated carbocycles. The summed E-state index contributed by atoms with van der Waals surface area (Å²) in [6.07, 6.45) is 4.01. The largest absolute Gasteiger partial charge is 0.368 e. The number of thioether (sulfide) groups is 1. The zero-order chi connectivity index (χ0) is 13.5. The first-order valence-corrected chi connectivity index (χ1v) is 8.75. The highest BCUT2D eigenvalue weighted by Crippen LogP contribution is 2.41. The number of para-hydroxylation sites is 1. The van der Waals surface area contributed by atoms with Gasteiger partial charge >= 0.3 is 0 Å². The predicted molar refractivity (Wildman–Crippen MR) is 87.4 cm³/mol. The summed E-state index contributed by atoms with van der Waals surface area (Å²) < 4.78 is 0. The van der Waals surface area contributed by atoms with Crippen LogP contribution in [0.15, 0.2) is 24.3 Å². The Labute approximate surface area is 124 Å². The van der Waals surface area contributed by atoms with Crippen LogP contribution in [0.2, 0.25) is 0 Å². The van der Waals surface area contributed by atoms with Crippen LogP contribution >= 0.6 is 11.8 Å². The summed E-state index contributed by atoms with van der Waals surface area (Å²) in [5.74, 6) is 2.21. The van der Waals surface area contributed by atoms with E-state index in [1.54, 1.807) is 0 Å². The predicted octanol–water partition coefficient (Wildman–Crippen LogP) is 4.36. The highest BCUT2D eigenvalue weighted by Gasteiger charge is 2.27. The monoisotopic (exact) mass is 284 g/mol. The average Bonchev–Trinajstić information content (AvgIpc) is 2.93. The first-order chi connectivity index (χ1) is 9.84. The van der Waals surface area contributed by atoms with Crippen molar-refractivity contribution in [2.45, 2.75) is 43.7 Å². The fourth-order valence-corrected chi connectivity index (χ4v) is 4.60. The van der Waals surface area contributed by atoms with Crippen LogP contribution in [0.4, 0.5) is 5.69 Å². The molecule has 1 aromatic heterocycles. The summed E-state index contributed by atoms with van der Waals surface area (Å²) in [4.78, 5) is 7.54. The van der Waals surface area contributed by atoms with Gasteiger partial charge < -0.3 is 4.90 Å². The first kappa shape index (κ1) is 12.5. The third-order valence-corrected chi connectivity index (χ3v) is 5.59. The number of piperidine rings is 1. The molecule has 2 aromatic rings. The van der Waals surface area contributed by atoms with E-state index in [4.69, 9.17) is 4.98 Å². The van der Waals surface area contributed by atoms with Gasteiger partial charge in [-0.25, -0.2) is 0 Å². The van der Waals surface area contributed by atoms with E-state index in [1.165, 1.54) is 53.7 Å². The molecule has 1 saturated heterocycles. The second-order valence-electron chi connectivity index (χ2n) is 5.93. The van der Waals surface area contributed by atoms with Crippen LogP contribution in [0.25, 0.3) is 10.9 Å². The lowest BCUT2D eigenvalue weighted by atomic mass is 9.99. The lowest BCUT2D eigenvalue weighted by Crippen LogP contribution is -2.38. The van der Waals surface area contributed by atoms with E-state index in [0.717, 1.165) is 11.5 Å². The summed E-state index contributed by atoms with van der Waals surface area (Å²) in [5, 5.41) is 1.35. The van der Waals surface area contributed by atoms with Gasteiger partial charge in [-0.05, 0) is 32.3 Å². The molecule has 1 atom stereocenters. The summed E-state index contributed by atoms with van der Waals surface area (Å²) in [6, 6.07) is 9.33. The van der Waals surface area contributed by atoms with Gasteiger partial charge in [0.25, 0.3) is 0 Å². The third-order valence-electron chi connectivity index (χ3n) is 4.62. The lowest BCUT2D eigenvalue weighted by Gasteiger charge is -2.37. The Bertz CT molecular complexity index is 653. The standard InChI is InChI=1S/C17H20N2S/c1-12-6-4-5-9-19(12)17-13-7-2-3-8-15(13)18-16-11-20-10-14(16)17/h2-3,7-8,12H,4-6,9-11H2,1H3. The Morgan fingerprint density at radius 2 is 2.10 bits per heavy atom. The number of rotatable bonds is 1. The number of nitrogens with zero attached hydrogens (tertiary/aromatic N) is 2. The smallest absolute Gasteiger partial charge is 0.0726 e. The third kappa shape index (κ3) is 1.91. The highest BCUT2D eigenvalue weighted by molar-refractivity contribution is 7.98. The van der Waals surface area contributed by atoms with Crippen molar-refractivity contribution < 1.29 is 0 Å². The van der Waals surface area contributed by atoms with Crippen molar-refractivity contribution in [1.29, 1.82) is 0 Å². The maximum Gasteiger partial charge on any atom is 0.0726 e. The summed E-state index contributed by atoms with van der Waals surface area (Å²) in [5.41, 5.74) is 5.48. The van der Waals surface area contributed by atoms with Crippen molar-refractivity contribution >= 4 is 28.4 Å². The number of fused-ring (bicyclic) bond motifs is 2. The van der Waals surface area contributed by atoms with Gasteiger partial charge in [-0.1, -0.05) is 18.2 Å². The van der Waals surface area contributed by atoms with Crippen molar-refractivity contribution in [2.75, 3.05) is 11.4 Å². The maximum atomic E-state index is 4.89. The molecule has 2 nitrogen and oxygen atoms in total. The zero-order valence-electron chi connectivity index (χ0n) is 11.9. The molecular weight excluding hydrogens is 264 g/mol. The van der Waals surface area contributed by atoms with E-state index >= 15 is 0 Å². The molecule has 0 bridgehead atoms. The van der Waals surface area contributed by atoms with Crippen molar-refractivity contribution in [1.82, 2.24) is 4.98 Å². The van der Waals surface area contributed by atoms with Crippen LogP contribution in [0.5, 0.6) is 0 Å². The van der Waals surface area contributed by atoms with Gasteiger partial charge in [-0.15, -0.1) is 0 Å². The molecule has 104 valence electrons. The first-order valence-electron chi connectivity index (χ1n) is 7.59. The summed E-state index contributed by atoms with van der Waals surface area (Å²) in [6.45, 7) is 3.58. The second kappa shape index (κ2) is 4.96. The molecule has 0 radical (unpaired) electrons. The van der Waals surface area contributed by atoms with E-state index in [9.17, 15) is 0 Å². The van der Waals surface area contributed by atoms with Gasteiger partial charge in [0.15, 0.2) is 0 Å². The minimum atomic E-state index is 0.657. The molecule has 0 N–H and O–H groups in total. The molecule has 20 heavy (non-hydrogen) atoms. The van der Waals surface area contributed by atoms with Crippen LogP contribution < -0.4 is 4.90 Å². The normalized spacial score (nSPS) is 22.2. The molecule has 4 rings (SSSR count). The second-order valence-corrected chi connectivity index (χ2v) is 6.92. The van der Waals surface area contributed by atoms with E-state index in [1.807, 2.05) is 11.8 Å². The van der Waals surface area contributed by atoms with Crippen LogP contribution in [0.1, 0.15) is 37.4 Å². The fourth-order valence-electron chi connectivity index (χ4n) is 3.56. The van der Waals surface area contributed by atoms with E-state index in [-0.39, 0.29) is 0 Å². The minimum absolute atomic E-state index is 0.657. The van der Waals surface area contributed by atoms with E-state index < -0.39 is 0 Å². The molecule has 3 heterocycles. The average molecular weight is 284 g/mol. The van der Waals surface area contributed by atoms with Crippen LogP contribution in [0.3, 0.4) is 0 Å². The molecule has 2 aliphatic rings. The fraction of sp³-hybridized carbons (Fsp3) is 0.471. The number of hydrogen-bond donors (Lipinski definition) is 0. The van der Waals surface area contributed by atoms with E-state index in [0.29, 0.717) is 6.04 Å². The number of aromatic nitrogens is 1. The molecule has 3 heteroatoms. The van der Waals surface area contributed by atoms with Crippen LogP contribution in [0, 0.1) is 0 Å². The van der Waals surface area contributed by atoms with Crippen molar-refractivity contribution in [2.24, 2.45) is 0 Å². The Balaban J connectivity index is 1.96. The summed E-state index contributed by atoms with van der Waals surface area (Å²) >= 11 is 2.00. The van der Waals surface area contributed by atoms with Gasteiger partial charge in [0.1, 0.15) is 0 Å². The number of hydrogen-bond acceptors (Lipinski definition) is 3. The van der Waals surface area contributed by atoms with Gasteiger partial charge in [-0.3, -0.25) is 4.98 Å². The molecule has 2 aliphatic heterocycles. The summed E-state index contributed by atoms with van der Waals surface area (Å²) in [7, 11) is 0. The SMILES string of the molecule is CC1CCCCN1c1c2c(nc3ccccc13)CSC2. The van der Waals surface area contributed by atoms with Gasteiger partial charge in [-0.2, -0.15) is 11.8 Å². The molecule has 1 unspecified atom stereocenters. The molecular formula is C17H20N2S. The topological polar surface area (TPSA) is 16.1 Å². The Morgan fingerprint density at radius 1 is 1.20 bits per heavy atom. The molecule has 0 aliphatic carbocycles. The highest BCUT2D eigenvalue weighted by atomic mass is 32.2. The quantitative estimate of drug-likeness (QED) is 0.774. The molecule has 1 fully saturated rings. The van der Waals surface area contributed by atoms with Gasteiger partial charge in [0.05, 0.1) is 16.9 Å². The molecule has 0 spiro atoms. The van der Waals surface area contributed by atoms with Crippen LogP contribution in [-0.2, 0) is 11.5 Å². The number of pyridine rings is 1.